The summed E-state index contributed by atoms with van der Waals surface area (Å²) < 4.78 is 5.13. The molecule has 2 aromatic heterocycles. The van der Waals surface area contributed by atoms with E-state index < -0.39 is 0 Å². The molecule has 0 fully saturated rings. The van der Waals surface area contributed by atoms with E-state index in [1.165, 1.54) is 11.2 Å². The molecule has 0 saturated carbocycles. The third-order valence-electron chi connectivity index (χ3n) is 1.97. The molecule has 0 spiro atoms. The maximum absolute atomic E-state index is 5.88. The van der Waals surface area contributed by atoms with Crippen LogP contribution in [0.3, 0.4) is 0 Å². The highest BCUT2D eigenvalue weighted by Gasteiger charge is 2.09. The van der Waals surface area contributed by atoms with Crippen molar-refractivity contribution < 1.29 is 4.74 Å². The van der Waals surface area contributed by atoms with Crippen LogP contribution in [0, 0.1) is 0 Å². The van der Waals surface area contributed by atoms with Crippen molar-refractivity contribution >= 4 is 28.8 Å². The van der Waals surface area contributed by atoms with Gasteiger partial charge in [0.05, 0.1) is 13.7 Å². The summed E-state index contributed by atoms with van der Waals surface area (Å²) in [6.45, 7) is 0.696. The van der Waals surface area contributed by atoms with Crippen LogP contribution < -0.4 is 10.1 Å². The zero-order valence-electron chi connectivity index (χ0n) is 8.61. The Hall–Kier alpha value is -1.33. The number of nitrogens with zero attached hydrogens (tertiary/aromatic N) is 2. The number of thiophene rings is 1. The lowest BCUT2D eigenvalue weighted by atomic mass is 10.4. The second kappa shape index (κ2) is 5.14. The lowest BCUT2D eigenvalue weighted by molar-refractivity contribution is 0.413. The molecule has 0 atom stereocenters. The summed E-state index contributed by atoms with van der Waals surface area (Å²) in [4.78, 5) is 9.15. The van der Waals surface area contributed by atoms with Crippen LogP contribution in [0.4, 0.5) is 5.82 Å². The van der Waals surface area contributed by atoms with Gasteiger partial charge in [0, 0.05) is 4.88 Å². The van der Waals surface area contributed by atoms with E-state index in [9.17, 15) is 0 Å². The predicted molar refractivity (Wildman–Crippen MR) is 65.2 cm³/mol. The smallest absolute Gasteiger partial charge is 0.198 e. The topological polar surface area (TPSA) is 47.0 Å². The van der Waals surface area contributed by atoms with E-state index in [-0.39, 0.29) is 0 Å². The van der Waals surface area contributed by atoms with Crippen LogP contribution in [0.25, 0.3) is 0 Å². The molecule has 2 aromatic rings. The molecule has 1 N–H and O–H groups in total. The Balaban J connectivity index is 2.12. The van der Waals surface area contributed by atoms with Crippen molar-refractivity contribution in [3.8, 4) is 5.75 Å². The van der Waals surface area contributed by atoms with Gasteiger partial charge in [-0.05, 0) is 11.4 Å². The third-order valence-corrected chi connectivity index (χ3v) is 3.12. The van der Waals surface area contributed by atoms with E-state index in [0.717, 1.165) is 0 Å². The van der Waals surface area contributed by atoms with Gasteiger partial charge < -0.3 is 10.1 Å². The van der Waals surface area contributed by atoms with E-state index in [1.807, 2.05) is 17.5 Å². The minimum atomic E-state index is 0.311. The maximum atomic E-state index is 5.88. The number of rotatable bonds is 4. The first kappa shape index (κ1) is 11.2. The SMILES string of the molecule is COc1c(Cl)ncnc1NCc1cccs1. The monoisotopic (exact) mass is 255 g/mol. The first-order valence-electron chi connectivity index (χ1n) is 4.62. The quantitative estimate of drug-likeness (QED) is 0.854. The Morgan fingerprint density at radius 1 is 1.50 bits per heavy atom. The molecule has 0 aliphatic carbocycles. The molecule has 0 aliphatic heterocycles. The standard InChI is InChI=1S/C10H10ClN3OS/c1-15-8-9(11)13-6-14-10(8)12-5-7-3-2-4-16-7/h2-4,6H,5H2,1H3,(H,12,13,14). The third kappa shape index (κ3) is 2.43. The lowest BCUT2D eigenvalue weighted by Gasteiger charge is -2.09. The number of halogens is 1. The fraction of sp³-hybridized carbons (Fsp3) is 0.200. The molecule has 0 amide bonds. The number of ether oxygens (including phenoxy) is 1. The molecule has 4 nitrogen and oxygen atoms in total. The summed E-state index contributed by atoms with van der Waals surface area (Å²) in [5, 5.41) is 5.50. The van der Waals surface area contributed by atoms with Gasteiger partial charge in [-0.2, -0.15) is 0 Å². The minimum absolute atomic E-state index is 0.311. The Kier molecular flexibility index (Phi) is 3.58. The molecule has 0 aromatic carbocycles. The Morgan fingerprint density at radius 3 is 3.06 bits per heavy atom. The van der Waals surface area contributed by atoms with Crippen molar-refractivity contribution in [3.05, 3.63) is 33.9 Å². The molecule has 2 heterocycles. The highest BCUT2D eigenvalue weighted by Crippen LogP contribution is 2.28. The number of hydrogen-bond donors (Lipinski definition) is 1. The van der Waals surface area contributed by atoms with Crippen LogP contribution in [-0.2, 0) is 6.54 Å². The largest absolute Gasteiger partial charge is 0.490 e. The molecule has 0 saturated heterocycles. The van der Waals surface area contributed by atoms with E-state index >= 15 is 0 Å². The Morgan fingerprint density at radius 2 is 2.38 bits per heavy atom. The van der Waals surface area contributed by atoms with Gasteiger partial charge in [-0.1, -0.05) is 17.7 Å². The van der Waals surface area contributed by atoms with Crippen molar-refractivity contribution in [1.29, 1.82) is 0 Å². The fourth-order valence-corrected chi connectivity index (χ4v) is 2.10. The van der Waals surface area contributed by atoms with Crippen LogP contribution in [0.1, 0.15) is 4.88 Å². The van der Waals surface area contributed by atoms with Gasteiger partial charge in [0.15, 0.2) is 16.7 Å². The number of methoxy groups -OCH3 is 1. The summed E-state index contributed by atoms with van der Waals surface area (Å²) in [6, 6.07) is 4.05. The van der Waals surface area contributed by atoms with Crippen molar-refractivity contribution in [2.24, 2.45) is 0 Å². The van der Waals surface area contributed by atoms with Gasteiger partial charge in [0.1, 0.15) is 6.33 Å². The number of aromatic nitrogens is 2. The molecule has 16 heavy (non-hydrogen) atoms. The van der Waals surface area contributed by atoms with Crippen molar-refractivity contribution in [2.75, 3.05) is 12.4 Å². The van der Waals surface area contributed by atoms with Crippen molar-refractivity contribution in [3.63, 3.8) is 0 Å². The van der Waals surface area contributed by atoms with Gasteiger partial charge in [-0.15, -0.1) is 11.3 Å². The summed E-state index contributed by atoms with van der Waals surface area (Å²) in [7, 11) is 1.54. The predicted octanol–water partition coefficient (Wildman–Crippen LogP) is 2.81. The first-order chi connectivity index (χ1) is 7.81. The molecule has 6 heteroatoms. The number of nitrogens with one attached hydrogen (secondary N) is 1. The van der Waals surface area contributed by atoms with Gasteiger partial charge in [-0.25, -0.2) is 9.97 Å². The summed E-state index contributed by atoms with van der Waals surface area (Å²) in [6.07, 6.45) is 1.40. The Labute approximate surface area is 102 Å². The average molecular weight is 256 g/mol. The van der Waals surface area contributed by atoms with Gasteiger partial charge >= 0.3 is 0 Å². The van der Waals surface area contributed by atoms with Crippen LogP contribution in [0.5, 0.6) is 5.75 Å². The molecule has 0 radical (unpaired) electrons. The molecule has 0 aliphatic rings. The summed E-state index contributed by atoms with van der Waals surface area (Å²) in [5.41, 5.74) is 0. The van der Waals surface area contributed by atoms with Crippen molar-refractivity contribution in [2.45, 2.75) is 6.54 Å². The first-order valence-corrected chi connectivity index (χ1v) is 5.87. The molecular weight excluding hydrogens is 246 g/mol. The van der Waals surface area contributed by atoms with Crippen LogP contribution in [0.2, 0.25) is 5.15 Å². The van der Waals surface area contributed by atoms with Gasteiger partial charge in [0.25, 0.3) is 0 Å². The zero-order chi connectivity index (χ0) is 11.4. The molecule has 84 valence electrons. The second-order valence-electron chi connectivity index (χ2n) is 2.98. The average Bonchev–Trinajstić information content (AvgIpc) is 2.79. The van der Waals surface area contributed by atoms with Gasteiger partial charge in [-0.3, -0.25) is 0 Å². The maximum Gasteiger partial charge on any atom is 0.198 e. The number of hydrogen-bond acceptors (Lipinski definition) is 5. The van der Waals surface area contributed by atoms with Crippen LogP contribution in [-0.4, -0.2) is 17.1 Å². The highest BCUT2D eigenvalue weighted by molar-refractivity contribution is 7.09. The second-order valence-corrected chi connectivity index (χ2v) is 4.37. The number of anilines is 1. The molecule has 0 unspecified atom stereocenters. The molecular formula is C10H10ClN3OS. The summed E-state index contributed by atoms with van der Waals surface area (Å²) in [5.74, 6) is 1.08. The lowest BCUT2D eigenvalue weighted by Crippen LogP contribution is -2.03. The minimum Gasteiger partial charge on any atom is -0.490 e. The van der Waals surface area contributed by atoms with Crippen molar-refractivity contribution in [1.82, 2.24) is 9.97 Å². The fourth-order valence-electron chi connectivity index (χ4n) is 1.24. The van der Waals surface area contributed by atoms with Gasteiger partial charge in [0.2, 0.25) is 0 Å². The molecule has 0 bridgehead atoms. The Bertz CT molecular complexity index is 461. The normalized spacial score (nSPS) is 10.1. The molecule has 2 rings (SSSR count). The van der Waals surface area contributed by atoms with Crippen LogP contribution in [0.15, 0.2) is 23.8 Å². The van der Waals surface area contributed by atoms with E-state index in [4.69, 9.17) is 16.3 Å². The van der Waals surface area contributed by atoms with E-state index in [1.54, 1.807) is 18.4 Å². The highest BCUT2D eigenvalue weighted by atomic mass is 35.5. The van der Waals surface area contributed by atoms with Crippen LogP contribution >= 0.6 is 22.9 Å². The summed E-state index contributed by atoms with van der Waals surface area (Å²) >= 11 is 7.56. The zero-order valence-corrected chi connectivity index (χ0v) is 10.2. The van der Waals surface area contributed by atoms with E-state index in [2.05, 4.69) is 15.3 Å². The van der Waals surface area contributed by atoms with E-state index in [0.29, 0.717) is 23.3 Å².